The summed E-state index contributed by atoms with van der Waals surface area (Å²) in [4.78, 5) is 4.14. The van der Waals surface area contributed by atoms with E-state index in [-0.39, 0.29) is 0 Å². The minimum Gasteiger partial charge on any atom is -0.304 e. The van der Waals surface area contributed by atoms with E-state index < -0.39 is 0 Å². The number of nitrogens with zero attached hydrogens (tertiary/aromatic N) is 2. The molecule has 0 unspecified atom stereocenters. The van der Waals surface area contributed by atoms with Crippen LogP contribution in [0, 0.1) is 12.3 Å². The largest absolute Gasteiger partial charge is 0.304 e. The molecule has 0 aromatic carbocycles. The van der Waals surface area contributed by atoms with Crippen LogP contribution in [-0.4, -0.2) is 9.38 Å². The van der Waals surface area contributed by atoms with Gasteiger partial charge in [0.15, 0.2) is 0 Å². The molecule has 0 amide bonds. The first-order valence-corrected chi connectivity index (χ1v) is 3.78. The molecule has 0 saturated heterocycles. The Morgan fingerprint density at radius 3 is 3.00 bits per heavy atom. The first-order valence-electron chi connectivity index (χ1n) is 3.40. The molecule has 0 N–H and O–H groups in total. The first kappa shape index (κ1) is 7.20. The average Bonchev–Trinajstić information content (AvgIpc) is 2.46. The van der Waals surface area contributed by atoms with Gasteiger partial charge in [-0.3, -0.25) is 0 Å². The molecule has 0 bridgehead atoms. The summed E-state index contributed by atoms with van der Waals surface area (Å²) in [6.45, 7) is 0. The standard InChI is InChI=1S/C9H5ClN2/c1-2-8-6-12-5-7(10)3-4-9(12)11-8/h1,3-6H. The summed E-state index contributed by atoms with van der Waals surface area (Å²) in [5.74, 6) is 2.46. The third-order valence-electron chi connectivity index (χ3n) is 1.56. The number of terminal acetylenes is 1. The number of rotatable bonds is 0. The molecule has 0 aliphatic rings. The van der Waals surface area contributed by atoms with Crippen LogP contribution in [-0.2, 0) is 0 Å². The molecule has 2 aromatic heterocycles. The molecule has 2 heterocycles. The van der Waals surface area contributed by atoms with Gasteiger partial charge in [0.05, 0.1) is 5.02 Å². The molecule has 0 saturated carbocycles. The van der Waals surface area contributed by atoms with Crippen molar-refractivity contribution in [3.05, 3.63) is 35.2 Å². The molecule has 12 heavy (non-hydrogen) atoms. The minimum atomic E-state index is 0.622. The van der Waals surface area contributed by atoms with Crippen LogP contribution < -0.4 is 0 Å². The lowest BCUT2D eigenvalue weighted by Gasteiger charge is -1.91. The lowest BCUT2D eigenvalue weighted by Crippen LogP contribution is -1.79. The lowest BCUT2D eigenvalue weighted by atomic mass is 10.5. The van der Waals surface area contributed by atoms with Gasteiger partial charge >= 0.3 is 0 Å². The predicted octanol–water partition coefficient (Wildman–Crippen LogP) is 1.97. The van der Waals surface area contributed by atoms with Gasteiger partial charge in [0.25, 0.3) is 0 Å². The lowest BCUT2D eigenvalue weighted by molar-refractivity contribution is 1.19. The van der Waals surface area contributed by atoms with E-state index in [2.05, 4.69) is 10.9 Å². The van der Waals surface area contributed by atoms with E-state index in [4.69, 9.17) is 18.0 Å². The second kappa shape index (κ2) is 2.54. The number of fused-ring (bicyclic) bond motifs is 1. The molecular formula is C9H5ClN2. The van der Waals surface area contributed by atoms with Crippen LogP contribution in [0.2, 0.25) is 5.02 Å². The van der Waals surface area contributed by atoms with Gasteiger partial charge in [0, 0.05) is 12.4 Å². The Balaban J connectivity index is 2.77. The second-order valence-corrected chi connectivity index (χ2v) is 2.82. The number of halogens is 1. The van der Waals surface area contributed by atoms with Crippen molar-refractivity contribution in [3.63, 3.8) is 0 Å². The van der Waals surface area contributed by atoms with E-state index in [0.29, 0.717) is 10.7 Å². The second-order valence-electron chi connectivity index (χ2n) is 2.38. The summed E-state index contributed by atoms with van der Waals surface area (Å²) in [5, 5.41) is 0.670. The van der Waals surface area contributed by atoms with Crippen LogP contribution in [0.5, 0.6) is 0 Å². The van der Waals surface area contributed by atoms with Crippen molar-refractivity contribution in [1.29, 1.82) is 0 Å². The van der Waals surface area contributed by atoms with Gasteiger partial charge in [-0.1, -0.05) is 11.6 Å². The molecule has 0 aliphatic carbocycles. The van der Waals surface area contributed by atoms with Gasteiger partial charge < -0.3 is 4.40 Å². The van der Waals surface area contributed by atoms with Crippen molar-refractivity contribution in [3.8, 4) is 12.3 Å². The maximum atomic E-state index is 5.77. The maximum Gasteiger partial charge on any atom is 0.138 e. The fourth-order valence-electron chi connectivity index (χ4n) is 1.03. The highest BCUT2D eigenvalue weighted by Gasteiger charge is 1.97. The Bertz CT molecular complexity index is 465. The highest BCUT2D eigenvalue weighted by Crippen LogP contribution is 2.10. The van der Waals surface area contributed by atoms with Crippen LogP contribution in [0.25, 0.3) is 5.65 Å². The maximum absolute atomic E-state index is 5.77. The van der Waals surface area contributed by atoms with Crippen molar-refractivity contribution in [1.82, 2.24) is 9.38 Å². The van der Waals surface area contributed by atoms with Gasteiger partial charge in [0.2, 0.25) is 0 Å². The number of hydrogen-bond acceptors (Lipinski definition) is 1. The quantitative estimate of drug-likeness (QED) is 0.561. The van der Waals surface area contributed by atoms with Gasteiger partial charge in [-0.2, -0.15) is 0 Å². The summed E-state index contributed by atoms with van der Waals surface area (Å²) >= 11 is 5.77. The molecule has 0 atom stereocenters. The van der Waals surface area contributed by atoms with Crippen LogP contribution in [0.3, 0.4) is 0 Å². The molecule has 3 heteroatoms. The number of imidazole rings is 1. The van der Waals surface area contributed by atoms with Gasteiger partial charge in [-0.25, -0.2) is 4.98 Å². The predicted molar refractivity (Wildman–Crippen MR) is 48.1 cm³/mol. The van der Waals surface area contributed by atoms with E-state index in [9.17, 15) is 0 Å². The molecule has 2 nitrogen and oxygen atoms in total. The number of hydrogen-bond donors (Lipinski definition) is 0. The number of pyridine rings is 1. The van der Waals surface area contributed by atoms with Crippen molar-refractivity contribution >= 4 is 17.2 Å². The third-order valence-corrected chi connectivity index (χ3v) is 1.79. The van der Waals surface area contributed by atoms with Crippen LogP contribution in [0.1, 0.15) is 5.69 Å². The summed E-state index contributed by atoms with van der Waals surface area (Å²) in [6, 6.07) is 3.60. The van der Waals surface area contributed by atoms with Crippen molar-refractivity contribution < 1.29 is 0 Å². The van der Waals surface area contributed by atoms with Gasteiger partial charge in [-0.15, -0.1) is 6.42 Å². The van der Waals surface area contributed by atoms with Crippen molar-refractivity contribution in [2.75, 3.05) is 0 Å². The molecule has 0 aliphatic heterocycles. The topological polar surface area (TPSA) is 17.3 Å². The first-order chi connectivity index (χ1) is 5.79. The van der Waals surface area contributed by atoms with E-state index in [1.54, 1.807) is 22.9 Å². The van der Waals surface area contributed by atoms with Crippen molar-refractivity contribution in [2.45, 2.75) is 0 Å². The van der Waals surface area contributed by atoms with E-state index in [1.165, 1.54) is 0 Å². The fraction of sp³-hybridized carbons (Fsp3) is 0. The average molecular weight is 177 g/mol. The molecule has 2 rings (SSSR count). The molecule has 0 spiro atoms. The number of aromatic nitrogens is 2. The SMILES string of the molecule is C#Cc1cn2cc(Cl)ccc2n1. The normalized spacial score (nSPS) is 10.0. The molecule has 0 radical (unpaired) electrons. The Morgan fingerprint density at radius 1 is 1.42 bits per heavy atom. The van der Waals surface area contributed by atoms with E-state index >= 15 is 0 Å². The van der Waals surface area contributed by atoms with Crippen LogP contribution in [0.15, 0.2) is 24.5 Å². The highest BCUT2D eigenvalue weighted by atomic mass is 35.5. The van der Waals surface area contributed by atoms with Gasteiger partial charge in [-0.05, 0) is 18.1 Å². The van der Waals surface area contributed by atoms with Crippen LogP contribution in [0.4, 0.5) is 0 Å². The smallest absolute Gasteiger partial charge is 0.138 e. The molecule has 0 fully saturated rings. The molecule has 58 valence electrons. The Morgan fingerprint density at radius 2 is 2.25 bits per heavy atom. The zero-order valence-electron chi connectivity index (χ0n) is 6.16. The summed E-state index contributed by atoms with van der Waals surface area (Å²) in [7, 11) is 0. The Labute approximate surface area is 74.8 Å². The highest BCUT2D eigenvalue weighted by molar-refractivity contribution is 6.30. The zero-order chi connectivity index (χ0) is 8.55. The minimum absolute atomic E-state index is 0.622. The van der Waals surface area contributed by atoms with Crippen molar-refractivity contribution in [2.24, 2.45) is 0 Å². The zero-order valence-corrected chi connectivity index (χ0v) is 6.92. The van der Waals surface area contributed by atoms with Gasteiger partial charge in [0.1, 0.15) is 11.3 Å². The Hall–Kier alpha value is -1.46. The summed E-state index contributed by atoms with van der Waals surface area (Å²) in [6.07, 6.45) is 8.73. The van der Waals surface area contributed by atoms with E-state index in [1.807, 2.05) is 6.07 Å². The van der Waals surface area contributed by atoms with E-state index in [0.717, 1.165) is 5.65 Å². The fourth-order valence-corrected chi connectivity index (χ4v) is 1.20. The third kappa shape index (κ3) is 1.05. The van der Waals surface area contributed by atoms with Crippen LogP contribution >= 0.6 is 11.6 Å². The summed E-state index contributed by atoms with van der Waals surface area (Å²) in [5.41, 5.74) is 1.43. The Kier molecular flexibility index (Phi) is 1.53. The monoisotopic (exact) mass is 176 g/mol. The summed E-state index contributed by atoms with van der Waals surface area (Å²) < 4.78 is 1.80. The molecule has 2 aromatic rings. The molecular weight excluding hydrogens is 172 g/mol.